The number of amides is 2. The SMILES string of the molecule is O=C(C[NH+](CCC1=CCCCC1)CC(=O)Nc1ccc(F)cc1F)Nc1ccc(F)cc1F. The molecule has 1 aliphatic rings. The molecule has 5 nitrogen and oxygen atoms in total. The summed E-state index contributed by atoms with van der Waals surface area (Å²) in [7, 11) is 0. The average Bonchev–Trinajstić information content (AvgIpc) is 2.77. The number of anilines is 2. The quantitative estimate of drug-likeness (QED) is 0.392. The summed E-state index contributed by atoms with van der Waals surface area (Å²) in [6.07, 6.45) is 7.05. The van der Waals surface area contributed by atoms with Crippen molar-refractivity contribution in [3.05, 3.63) is 71.3 Å². The Bertz CT molecular complexity index is 975. The first-order chi connectivity index (χ1) is 15.8. The molecular weight excluding hydrogens is 438 g/mol. The minimum Gasteiger partial charge on any atom is -0.319 e. The van der Waals surface area contributed by atoms with Crippen molar-refractivity contribution in [3.8, 4) is 0 Å². The molecule has 0 aromatic heterocycles. The largest absolute Gasteiger partial charge is 0.319 e. The number of nitrogens with one attached hydrogen (secondary N) is 3. The Morgan fingerprint density at radius 1 is 0.818 bits per heavy atom. The third kappa shape index (κ3) is 7.71. The number of allylic oxidation sites excluding steroid dienone is 1. The first-order valence-corrected chi connectivity index (χ1v) is 10.8. The van der Waals surface area contributed by atoms with E-state index < -0.39 is 35.1 Å². The summed E-state index contributed by atoms with van der Waals surface area (Å²) < 4.78 is 53.9. The zero-order chi connectivity index (χ0) is 23.8. The van der Waals surface area contributed by atoms with Crippen LogP contribution in [0.3, 0.4) is 0 Å². The van der Waals surface area contributed by atoms with Crippen LogP contribution in [0.2, 0.25) is 0 Å². The maximum absolute atomic E-state index is 13.9. The van der Waals surface area contributed by atoms with E-state index in [4.69, 9.17) is 0 Å². The fraction of sp³-hybridized carbons (Fsp3) is 0.333. The highest BCUT2D eigenvalue weighted by Gasteiger charge is 2.21. The summed E-state index contributed by atoms with van der Waals surface area (Å²) in [6.45, 7) is 0.164. The Kier molecular flexibility index (Phi) is 8.59. The second-order valence-corrected chi connectivity index (χ2v) is 8.06. The number of benzene rings is 2. The first-order valence-electron chi connectivity index (χ1n) is 10.8. The van der Waals surface area contributed by atoms with Crippen LogP contribution in [-0.4, -0.2) is 31.4 Å². The standard InChI is InChI=1S/C24H25F4N3O2/c25-17-6-8-21(19(27)12-17)29-23(32)14-31(11-10-16-4-2-1-3-5-16)15-24(33)30-22-9-7-18(26)13-20(22)28/h4,6-9,12-13H,1-3,5,10-11,14-15H2,(H,29,32)(H,30,33)/p+1. The van der Waals surface area contributed by atoms with Gasteiger partial charge in [-0.1, -0.05) is 11.6 Å². The Balaban J connectivity index is 1.64. The summed E-state index contributed by atoms with van der Waals surface area (Å²) >= 11 is 0. The molecule has 0 fully saturated rings. The molecule has 2 amide bonds. The molecule has 1 aliphatic carbocycles. The van der Waals surface area contributed by atoms with E-state index in [0.717, 1.165) is 49.9 Å². The van der Waals surface area contributed by atoms with Crippen LogP contribution in [0.4, 0.5) is 28.9 Å². The Morgan fingerprint density at radius 3 is 1.82 bits per heavy atom. The van der Waals surface area contributed by atoms with Crippen molar-refractivity contribution in [1.82, 2.24) is 0 Å². The van der Waals surface area contributed by atoms with Crippen LogP contribution in [0, 0.1) is 23.3 Å². The van der Waals surface area contributed by atoms with E-state index >= 15 is 0 Å². The average molecular weight is 464 g/mol. The molecule has 176 valence electrons. The van der Waals surface area contributed by atoms with Crippen molar-refractivity contribution in [2.24, 2.45) is 0 Å². The zero-order valence-corrected chi connectivity index (χ0v) is 18.0. The molecule has 0 saturated carbocycles. The summed E-state index contributed by atoms with van der Waals surface area (Å²) in [5.41, 5.74) is 0.941. The predicted octanol–water partition coefficient (Wildman–Crippen LogP) is 3.60. The van der Waals surface area contributed by atoms with Gasteiger partial charge in [0.2, 0.25) is 0 Å². The Hall–Kier alpha value is -3.20. The highest BCUT2D eigenvalue weighted by Crippen LogP contribution is 2.19. The molecular formula is C24H26F4N3O2+. The summed E-state index contributed by atoms with van der Waals surface area (Å²) in [4.78, 5) is 25.6. The van der Waals surface area contributed by atoms with Crippen LogP contribution in [0.15, 0.2) is 48.0 Å². The van der Waals surface area contributed by atoms with Crippen molar-refractivity contribution in [2.75, 3.05) is 30.3 Å². The minimum atomic E-state index is -0.901. The highest BCUT2D eigenvalue weighted by molar-refractivity contribution is 5.93. The molecule has 3 N–H and O–H groups in total. The van der Waals surface area contributed by atoms with Gasteiger partial charge in [-0.2, -0.15) is 0 Å². The van der Waals surface area contributed by atoms with E-state index in [1.165, 1.54) is 5.57 Å². The van der Waals surface area contributed by atoms with Gasteiger partial charge in [0.25, 0.3) is 11.8 Å². The van der Waals surface area contributed by atoms with Gasteiger partial charge in [-0.25, -0.2) is 17.6 Å². The van der Waals surface area contributed by atoms with Crippen molar-refractivity contribution >= 4 is 23.2 Å². The van der Waals surface area contributed by atoms with Crippen molar-refractivity contribution < 1.29 is 32.1 Å². The Labute approximate surface area is 189 Å². The lowest BCUT2D eigenvalue weighted by molar-refractivity contribution is -0.883. The van der Waals surface area contributed by atoms with E-state index in [1.807, 2.05) is 0 Å². The number of halogens is 4. The van der Waals surface area contributed by atoms with Crippen molar-refractivity contribution in [3.63, 3.8) is 0 Å². The molecule has 2 aromatic rings. The molecule has 0 spiro atoms. The van der Waals surface area contributed by atoms with Crippen LogP contribution in [0.25, 0.3) is 0 Å². The predicted molar refractivity (Wildman–Crippen MR) is 117 cm³/mol. The molecule has 0 bridgehead atoms. The molecule has 2 aromatic carbocycles. The van der Waals surface area contributed by atoms with Gasteiger partial charge in [0.05, 0.1) is 17.9 Å². The third-order valence-corrected chi connectivity index (χ3v) is 5.42. The van der Waals surface area contributed by atoms with Gasteiger partial charge in [-0.05, 0) is 49.9 Å². The second kappa shape index (κ2) is 11.6. The molecule has 33 heavy (non-hydrogen) atoms. The van der Waals surface area contributed by atoms with Gasteiger partial charge in [0.1, 0.15) is 23.3 Å². The number of quaternary nitrogens is 1. The first kappa shape index (κ1) is 24.4. The monoisotopic (exact) mass is 464 g/mol. The molecule has 0 atom stereocenters. The van der Waals surface area contributed by atoms with Crippen LogP contribution in [-0.2, 0) is 9.59 Å². The lowest BCUT2D eigenvalue weighted by atomic mass is 9.97. The topological polar surface area (TPSA) is 62.6 Å². The van der Waals surface area contributed by atoms with Crippen LogP contribution in [0.1, 0.15) is 32.1 Å². The van der Waals surface area contributed by atoms with E-state index in [1.54, 1.807) is 0 Å². The number of carbonyl (C=O) groups excluding carboxylic acids is 2. The van der Waals surface area contributed by atoms with Gasteiger partial charge in [-0.15, -0.1) is 0 Å². The molecule has 0 aliphatic heterocycles. The van der Waals surface area contributed by atoms with Crippen molar-refractivity contribution in [1.29, 1.82) is 0 Å². The molecule has 0 radical (unpaired) electrons. The van der Waals surface area contributed by atoms with Gasteiger partial charge in [0.15, 0.2) is 13.1 Å². The van der Waals surface area contributed by atoms with Crippen LogP contribution < -0.4 is 15.5 Å². The fourth-order valence-electron chi connectivity index (χ4n) is 3.73. The highest BCUT2D eigenvalue weighted by atomic mass is 19.1. The maximum atomic E-state index is 13.9. The normalized spacial score (nSPS) is 13.5. The van der Waals surface area contributed by atoms with Crippen LogP contribution in [0.5, 0.6) is 0 Å². The fourth-order valence-corrected chi connectivity index (χ4v) is 3.73. The molecule has 0 unspecified atom stereocenters. The Morgan fingerprint density at radius 2 is 1.36 bits per heavy atom. The molecule has 9 heteroatoms. The second-order valence-electron chi connectivity index (χ2n) is 8.06. The minimum absolute atomic E-state index is 0.149. The summed E-state index contributed by atoms with van der Waals surface area (Å²) in [5, 5.41) is 4.79. The lowest BCUT2D eigenvalue weighted by Crippen LogP contribution is -3.14. The third-order valence-electron chi connectivity index (χ3n) is 5.42. The summed E-state index contributed by atoms with van der Waals surface area (Å²) in [5.74, 6) is -4.42. The van der Waals surface area contributed by atoms with E-state index in [0.29, 0.717) is 30.0 Å². The molecule has 3 rings (SSSR count). The van der Waals surface area contributed by atoms with E-state index in [9.17, 15) is 27.2 Å². The number of carbonyl (C=O) groups is 2. The summed E-state index contributed by atoms with van der Waals surface area (Å²) in [6, 6.07) is 5.65. The molecule has 0 saturated heterocycles. The van der Waals surface area contributed by atoms with E-state index in [2.05, 4.69) is 16.7 Å². The van der Waals surface area contributed by atoms with Gasteiger partial charge in [-0.3, -0.25) is 9.59 Å². The van der Waals surface area contributed by atoms with Gasteiger partial charge >= 0.3 is 0 Å². The molecule has 0 heterocycles. The maximum Gasteiger partial charge on any atom is 0.279 e. The number of hydrogen-bond acceptors (Lipinski definition) is 2. The lowest BCUT2D eigenvalue weighted by Gasteiger charge is -2.21. The van der Waals surface area contributed by atoms with Gasteiger partial charge in [0, 0.05) is 18.6 Å². The van der Waals surface area contributed by atoms with Crippen LogP contribution >= 0.6 is 0 Å². The zero-order valence-electron chi connectivity index (χ0n) is 18.0. The van der Waals surface area contributed by atoms with Crippen molar-refractivity contribution in [2.45, 2.75) is 32.1 Å². The van der Waals surface area contributed by atoms with Gasteiger partial charge < -0.3 is 15.5 Å². The van der Waals surface area contributed by atoms with E-state index in [-0.39, 0.29) is 24.5 Å². The number of hydrogen-bond donors (Lipinski definition) is 3. The smallest absolute Gasteiger partial charge is 0.279 e. The number of rotatable bonds is 9.